The molecule has 0 saturated carbocycles. The number of hydrogen-bond donors (Lipinski definition) is 1. The van der Waals surface area contributed by atoms with Gasteiger partial charge in [-0.1, -0.05) is 0 Å². The highest BCUT2D eigenvalue weighted by Gasteiger charge is 1.97. The zero-order valence-electron chi connectivity index (χ0n) is 8.69. The number of hydrogen-bond acceptors (Lipinski definition) is 2. The second-order valence-electron chi connectivity index (χ2n) is 3.44. The summed E-state index contributed by atoms with van der Waals surface area (Å²) in [6, 6.07) is 0.168. The van der Waals surface area contributed by atoms with Crippen LogP contribution in [0.25, 0.3) is 6.08 Å². The summed E-state index contributed by atoms with van der Waals surface area (Å²) in [5.41, 5.74) is 0.923. The van der Waals surface area contributed by atoms with Crippen molar-refractivity contribution in [2.75, 3.05) is 0 Å². The van der Waals surface area contributed by atoms with Gasteiger partial charge in [-0.25, -0.2) is 0 Å². The molecule has 1 N–H and O–H groups in total. The highest BCUT2D eigenvalue weighted by atomic mass is 16.1. The van der Waals surface area contributed by atoms with Gasteiger partial charge in [0, 0.05) is 30.9 Å². The Morgan fingerprint density at radius 3 is 2.86 bits per heavy atom. The average Bonchev–Trinajstić information content (AvgIpc) is 2.47. The maximum absolute atomic E-state index is 11.2. The van der Waals surface area contributed by atoms with Crippen LogP contribution in [-0.4, -0.2) is 21.7 Å². The van der Waals surface area contributed by atoms with Crippen LogP contribution in [0.5, 0.6) is 0 Å². The molecule has 0 radical (unpaired) electrons. The molecular weight excluding hydrogens is 178 g/mol. The summed E-state index contributed by atoms with van der Waals surface area (Å²) >= 11 is 0. The molecule has 4 heteroatoms. The second-order valence-corrected chi connectivity index (χ2v) is 3.44. The lowest BCUT2D eigenvalue weighted by Gasteiger charge is -2.03. The lowest BCUT2D eigenvalue weighted by Crippen LogP contribution is -2.28. The molecule has 1 aromatic heterocycles. The lowest BCUT2D eigenvalue weighted by molar-refractivity contribution is -0.116. The zero-order valence-corrected chi connectivity index (χ0v) is 8.69. The predicted octanol–water partition coefficient (Wildman–Crippen LogP) is 0.958. The Kier molecular flexibility index (Phi) is 3.45. The summed E-state index contributed by atoms with van der Waals surface area (Å²) in [7, 11) is 1.84. The number of aryl methyl sites for hydroxylation is 1. The van der Waals surface area contributed by atoms with Gasteiger partial charge in [-0.05, 0) is 19.9 Å². The quantitative estimate of drug-likeness (QED) is 0.727. The highest BCUT2D eigenvalue weighted by molar-refractivity contribution is 5.91. The first-order chi connectivity index (χ1) is 6.58. The third-order valence-corrected chi connectivity index (χ3v) is 1.58. The predicted molar refractivity (Wildman–Crippen MR) is 55.5 cm³/mol. The van der Waals surface area contributed by atoms with E-state index in [1.807, 2.05) is 27.1 Å². The Balaban J connectivity index is 2.51. The molecule has 0 aliphatic carbocycles. The van der Waals surface area contributed by atoms with Crippen LogP contribution < -0.4 is 5.32 Å². The number of carbonyl (C=O) groups excluding carboxylic acids is 1. The van der Waals surface area contributed by atoms with E-state index in [9.17, 15) is 4.79 Å². The first kappa shape index (κ1) is 10.5. The van der Waals surface area contributed by atoms with Gasteiger partial charge in [0.05, 0.1) is 6.20 Å². The summed E-state index contributed by atoms with van der Waals surface area (Å²) in [5, 5.41) is 6.76. The number of aromatic nitrogens is 2. The molecule has 14 heavy (non-hydrogen) atoms. The molecule has 0 bridgehead atoms. The summed E-state index contributed by atoms with van der Waals surface area (Å²) in [5.74, 6) is -0.0798. The highest BCUT2D eigenvalue weighted by Crippen LogP contribution is 1.98. The summed E-state index contributed by atoms with van der Waals surface area (Å²) < 4.78 is 1.69. The number of amides is 1. The molecule has 76 valence electrons. The minimum Gasteiger partial charge on any atom is -0.350 e. The van der Waals surface area contributed by atoms with Crippen LogP contribution in [0, 0.1) is 0 Å². The largest absolute Gasteiger partial charge is 0.350 e. The maximum atomic E-state index is 11.2. The lowest BCUT2D eigenvalue weighted by atomic mass is 10.3. The molecule has 0 saturated heterocycles. The van der Waals surface area contributed by atoms with E-state index in [0.717, 1.165) is 5.56 Å². The van der Waals surface area contributed by atoms with Crippen molar-refractivity contribution in [1.82, 2.24) is 15.1 Å². The standard InChI is InChI=1S/C10H15N3O/c1-8(2)12-10(14)5-4-9-6-11-13(3)7-9/h4-8H,1-3H3,(H,12,14)/b5-4+. The van der Waals surface area contributed by atoms with Gasteiger partial charge in [-0.3, -0.25) is 9.48 Å². The van der Waals surface area contributed by atoms with E-state index in [1.54, 1.807) is 17.0 Å². The van der Waals surface area contributed by atoms with Crippen LogP contribution in [0.3, 0.4) is 0 Å². The molecular formula is C10H15N3O. The van der Waals surface area contributed by atoms with Crippen LogP contribution >= 0.6 is 0 Å². The maximum Gasteiger partial charge on any atom is 0.244 e. The zero-order chi connectivity index (χ0) is 10.6. The molecule has 0 aromatic carbocycles. The van der Waals surface area contributed by atoms with Crippen molar-refractivity contribution in [3.8, 4) is 0 Å². The van der Waals surface area contributed by atoms with Gasteiger partial charge in [0.1, 0.15) is 0 Å². The number of nitrogens with one attached hydrogen (secondary N) is 1. The van der Waals surface area contributed by atoms with E-state index in [1.165, 1.54) is 6.08 Å². The number of rotatable bonds is 3. The van der Waals surface area contributed by atoms with Crippen molar-refractivity contribution in [3.63, 3.8) is 0 Å². The molecule has 0 spiro atoms. The van der Waals surface area contributed by atoms with Crippen LogP contribution in [0.4, 0.5) is 0 Å². The molecule has 1 amide bonds. The summed E-state index contributed by atoms with van der Waals surface area (Å²) in [6.45, 7) is 3.85. The Morgan fingerprint density at radius 1 is 1.64 bits per heavy atom. The molecule has 0 fully saturated rings. The van der Waals surface area contributed by atoms with E-state index in [-0.39, 0.29) is 11.9 Å². The fourth-order valence-corrected chi connectivity index (χ4v) is 1.03. The monoisotopic (exact) mass is 193 g/mol. The van der Waals surface area contributed by atoms with E-state index in [4.69, 9.17) is 0 Å². The molecule has 1 aromatic rings. The average molecular weight is 193 g/mol. The van der Waals surface area contributed by atoms with Crippen LogP contribution in [0.2, 0.25) is 0 Å². The molecule has 1 rings (SSSR count). The minimum atomic E-state index is -0.0798. The van der Waals surface area contributed by atoms with Crippen molar-refractivity contribution in [2.24, 2.45) is 7.05 Å². The number of carbonyl (C=O) groups is 1. The van der Waals surface area contributed by atoms with Crippen molar-refractivity contribution in [2.45, 2.75) is 19.9 Å². The van der Waals surface area contributed by atoms with Crippen molar-refractivity contribution in [1.29, 1.82) is 0 Å². The normalized spacial score (nSPS) is 11.1. The molecule has 0 atom stereocenters. The van der Waals surface area contributed by atoms with Crippen LogP contribution in [0.15, 0.2) is 18.5 Å². The minimum absolute atomic E-state index is 0.0798. The summed E-state index contributed by atoms with van der Waals surface area (Å²) in [4.78, 5) is 11.2. The fraction of sp³-hybridized carbons (Fsp3) is 0.400. The number of nitrogens with zero attached hydrogens (tertiary/aromatic N) is 2. The van der Waals surface area contributed by atoms with Gasteiger partial charge < -0.3 is 5.32 Å². The molecule has 1 heterocycles. The molecule has 4 nitrogen and oxygen atoms in total. The first-order valence-corrected chi connectivity index (χ1v) is 4.55. The van der Waals surface area contributed by atoms with E-state index in [2.05, 4.69) is 10.4 Å². The van der Waals surface area contributed by atoms with Crippen molar-refractivity contribution in [3.05, 3.63) is 24.0 Å². The Hall–Kier alpha value is -1.58. The first-order valence-electron chi connectivity index (χ1n) is 4.55. The molecule has 0 unspecified atom stereocenters. The van der Waals surface area contributed by atoms with Crippen LogP contribution in [-0.2, 0) is 11.8 Å². The Bertz CT molecular complexity index is 339. The Morgan fingerprint density at radius 2 is 2.36 bits per heavy atom. The second kappa shape index (κ2) is 4.60. The van der Waals surface area contributed by atoms with Gasteiger partial charge >= 0.3 is 0 Å². The van der Waals surface area contributed by atoms with Crippen LogP contribution in [0.1, 0.15) is 19.4 Å². The van der Waals surface area contributed by atoms with E-state index < -0.39 is 0 Å². The summed E-state index contributed by atoms with van der Waals surface area (Å²) in [6.07, 6.45) is 6.81. The van der Waals surface area contributed by atoms with Crippen molar-refractivity contribution >= 4 is 12.0 Å². The van der Waals surface area contributed by atoms with E-state index in [0.29, 0.717) is 0 Å². The van der Waals surface area contributed by atoms with Gasteiger partial charge in [0.25, 0.3) is 0 Å². The van der Waals surface area contributed by atoms with Gasteiger partial charge in [-0.2, -0.15) is 5.10 Å². The molecule has 0 aliphatic rings. The fourth-order valence-electron chi connectivity index (χ4n) is 1.03. The van der Waals surface area contributed by atoms with Crippen molar-refractivity contribution < 1.29 is 4.79 Å². The molecule has 0 aliphatic heterocycles. The van der Waals surface area contributed by atoms with E-state index >= 15 is 0 Å². The van der Waals surface area contributed by atoms with Gasteiger partial charge in [0.15, 0.2) is 0 Å². The Labute approximate surface area is 83.6 Å². The third-order valence-electron chi connectivity index (χ3n) is 1.58. The third kappa shape index (κ3) is 3.43. The topological polar surface area (TPSA) is 46.9 Å². The van der Waals surface area contributed by atoms with Gasteiger partial charge in [-0.15, -0.1) is 0 Å². The van der Waals surface area contributed by atoms with Gasteiger partial charge in [0.2, 0.25) is 5.91 Å². The SMILES string of the molecule is CC(C)NC(=O)/C=C/c1cnn(C)c1. The smallest absolute Gasteiger partial charge is 0.244 e.